The first kappa shape index (κ1) is 27.5. The molecule has 8 nitrogen and oxygen atoms in total. The van der Waals surface area contributed by atoms with Crippen LogP contribution in [0.2, 0.25) is 0 Å². The molecule has 0 aliphatic heterocycles. The van der Waals surface area contributed by atoms with Gasteiger partial charge in [0.15, 0.2) is 5.16 Å². The van der Waals surface area contributed by atoms with Crippen LogP contribution < -0.4 is 20.9 Å². The average Bonchev–Trinajstić information content (AvgIpc) is 2.99. The molecule has 2 amide bonds. The monoisotopic (exact) mass is 556 g/mol. The number of ether oxygens (including phenoxy) is 1. The lowest BCUT2D eigenvalue weighted by molar-refractivity contribution is -0.113. The SMILES string of the molecule is COc1ccc(NC(=O)CSc2nc3ccccc3c(=O)n2Cc2ccc(C(=O)NC3CCCCC3)cc2)cc1. The number of carbonyl (C=O) groups is 2. The van der Waals surface area contributed by atoms with E-state index in [0.29, 0.717) is 33.1 Å². The summed E-state index contributed by atoms with van der Waals surface area (Å²) in [6.45, 7) is 0.267. The maximum Gasteiger partial charge on any atom is 0.262 e. The number of nitrogens with zero attached hydrogens (tertiary/aromatic N) is 2. The average molecular weight is 557 g/mol. The summed E-state index contributed by atoms with van der Waals surface area (Å²) in [5.41, 5.74) is 2.52. The van der Waals surface area contributed by atoms with Crippen molar-refractivity contribution in [3.63, 3.8) is 0 Å². The molecule has 9 heteroatoms. The van der Waals surface area contributed by atoms with Crippen LogP contribution >= 0.6 is 11.8 Å². The van der Waals surface area contributed by atoms with E-state index in [1.807, 2.05) is 24.3 Å². The highest BCUT2D eigenvalue weighted by molar-refractivity contribution is 7.99. The molecule has 3 aromatic carbocycles. The molecule has 0 spiro atoms. The van der Waals surface area contributed by atoms with Gasteiger partial charge in [0.05, 0.1) is 30.3 Å². The summed E-state index contributed by atoms with van der Waals surface area (Å²) in [6.07, 6.45) is 5.60. The highest BCUT2D eigenvalue weighted by Crippen LogP contribution is 2.21. The molecule has 1 heterocycles. The molecule has 40 heavy (non-hydrogen) atoms. The van der Waals surface area contributed by atoms with Gasteiger partial charge in [-0.25, -0.2) is 4.98 Å². The molecule has 1 aromatic heterocycles. The van der Waals surface area contributed by atoms with Gasteiger partial charge in [-0.3, -0.25) is 19.0 Å². The third-order valence-corrected chi connectivity index (χ3v) is 8.01. The summed E-state index contributed by atoms with van der Waals surface area (Å²) in [5.74, 6) is 0.506. The number of aromatic nitrogens is 2. The van der Waals surface area contributed by atoms with Crippen LogP contribution in [-0.4, -0.2) is 40.3 Å². The Morgan fingerprint density at radius 3 is 2.42 bits per heavy atom. The molecular formula is C31H32N4O4S. The van der Waals surface area contributed by atoms with Crippen LogP contribution in [0, 0.1) is 0 Å². The van der Waals surface area contributed by atoms with E-state index in [4.69, 9.17) is 9.72 Å². The van der Waals surface area contributed by atoms with Crippen molar-refractivity contribution in [2.24, 2.45) is 0 Å². The van der Waals surface area contributed by atoms with Crippen molar-refractivity contribution in [3.05, 3.63) is 94.3 Å². The Kier molecular flexibility index (Phi) is 8.81. The summed E-state index contributed by atoms with van der Waals surface area (Å²) in [7, 11) is 1.59. The van der Waals surface area contributed by atoms with Crippen LogP contribution in [0.25, 0.3) is 10.9 Å². The standard InChI is InChI=1S/C31H32N4O4S/c1-39-25-17-15-24(16-18-25)32-28(36)20-40-31-34-27-10-6-5-9-26(27)30(38)35(31)19-21-11-13-22(14-12-21)29(37)33-23-7-3-2-4-8-23/h5-6,9-18,23H,2-4,7-8,19-20H2,1H3,(H,32,36)(H,33,37). The highest BCUT2D eigenvalue weighted by Gasteiger charge is 2.17. The van der Waals surface area contributed by atoms with Gasteiger partial charge in [0.1, 0.15) is 5.75 Å². The minimum Gasteiger partial charge on any atom is -0.497 e. The zero-order valence-corrected chi connectivity index (χ0v) is 23.2. The topological polar surface area (TPSA) is 102 Å². The molecule has 0 bridgehead atoms. The molecule has 2 N–H and O–H groups in total. The van der Waals surface area contributed by atoms with Crippen molar-refractivity contribution >= 4 is 40.2 Å². The van der Waals surface area contributed by atoms with E-state index in [2.05, 4.69) is 10.6 Å². The Morgan fingerprint density at radius 1 is 0.975 bits per heavy atom. The Labute approximate surface area is 237 Å². The number of anilines is 1. The number of nitrogens with one attached hydrogen (secondary N) is 2. The molecule has 0 unspecified atom stereocenters. The number of methoxy groups -OCH3 is 1. The third kappa shape index (κ3) is 6.71. The fourth-order valence-electron chi connectivity index (χ4n) is 4.86. The molecule has 4 aromatic rings. The van der Waals surface area contributed by atoms with Crippen molar-refractivity contribution in [2.75, 3.05) is 18.2 Å². The molecule has 1 fully saturated rings. The predicted molar refractivity (Wildman–Crippen MR) is 158 cm³/mol. The van der Waals surface area contributed by atoms with Crippen molar-refractivity contribution in [1.82, 2.24) is 14.9 Å². The van der Waals surface area contributed by atoms with Crippen LogP contribution in [0.1, 0.15) is 48.0 Å². The van der Waals surface area contributed by atoms with Gasteiger partial charge in [0, 0.05) is 17.3 Å². The Balaban J connectivity index is 1.31. The first-order chi connectivity index (χ1) is 19.5. The molecule has 0 atom stereocenters. The lowest BCUT2D eigenvalue weighted by Gasteiger charge is -2.22. The highest BCUT2D eigenvalue weighted by atomic mass is 32.2. The van der Waals surface area contributed by atoms with Crippen LogP contribution in [0.15, 0.2) is 82.7 Å². The molecule has 206 valence electrons. The number of para-hydroxylation sites is 1. The van der Waals surface area contributed by atoms with E-state index in [9.17, 15) is 14.4 Å². The second-order valence-corrected chi connectivity index (χ2v) is 10.8. The van der Waals surface area contributed by atoms with E-state index < -0.39 is 0 Å². The van der Waals surface area contributed by atoms with Crippen LogP contribution in [-0.2, 0) is 11.3 Å². The first-order valence-corrected chi connectivity index (χ1v) is 14.4. The molecular weight excluding hydrogens is 524 g/mol. The number of amides is 2. The fourth-order valence-corrected chi connectivity index (χ4v) is 5.66. The van der Waals surface area contributed by atoms with Crippen LogP contribution in [0.4, 0.5) is 5.69 Å². The van der Waals surface area contributed by atoms with Crippen molar-refractivity contribution in [2.45, 2.75) is 49.8 Å². The molecule has 1 saturated carbocycles. The van der Waals surface area contributed by atoms with Gasteiger partial charge in [0.25, 0.3) is 11.5 Å². The minimum absolute atomic E-state index is 0.0675. The van der Waals surface area contributed by atoms with E-state index in [-0.39, 0.29) is 35.7 Å². The normalized spacial score (nSPS) is 13.6. The van der Waals surface area contributed by atoms with Gasteiger partial charge >= 0.3 is 0 Å². The van der Waals surface area contributed by atoms with E-state index >= 15 is 0 Å². The smallest absolute Gasteiger partial charge is 0.262 e. The summed E-state index contributed by atoms with van der Waals surface area (Å²) < 4.78 is 6.75. The summed E-state index contributed by atoms with van der Waals surface area (Å²) in [6, 6.07) is 21.8. The second-order valence-electron chi connectivity index (χ2n) is 9.87. The van der Waals surface area contributed by atoms with E-state index in [0.717, 1.165) is 31.2 Å². The number of hydrogen-bond acceptors (Lipinski definition) is 6. The molecule has 0 saturated heterocycles. The zero-order chi connectivity index (χ0) is 27.9. The van der Waals surface area contributed by atoms with Crippen molar-refractivity contribution in [3.8, 4) is 5.75 Å². The maximum absolute atomic E-state index is 13.5. The summed E-state index contributed by atoms with van der Waals surface area (Å²) in [4.78, 5) is 43.6. The fraction of sp³-hybridized carbons (Fsp3) is 0.290. The summed E-state index contributed by atoms with van der Waals surface area (Å²) >= 11 is 1.21. The van der Waals surface area contributed by atoms with Crippen molar-refractivity contribution in [1.29, 1.82) is 0 Å². The minimum atomic E-state index is -0.211. The second kappa shape index (κ2) is 12.8. The maximum atomic E-state index is 13.5. The van der Waals surface area contributed by atoms with E-state index in [1.54, 1.807) is 60.2 Å². The number of carbonyl (C=O) groups excluding carboxylic acids is 2. The lowest BCUT2D eigenvalue weighted by atomic mass is 9.95. The lowest BCUT2D eigenvalue weighted by Crippen LogP contribution is -2.36. The van der Waals surface area contributed by atoms with Gasteiger partial charge in [-0.15, -0.1) is 0 Å². The molecule has 1 aliphatic rings. The number of thioether (sulfide) groups is 1. The number of hydrogen-bond donors (Lipinski definition) is 2. The Morgan fingerprint density at radius 2 is 1.70 bits per heavy atom. The van der Waals surface area contributed by atoms with E-state index in [1.165, 1.54) is 18.2 Å². The molecule has 5 rings (SSSR count). The number of rotatable bonds is 9. The zero-order valence-electron chi connectivity index (χ0n) is 22.4. The number of fused-ring (bicyclic) bond motifs is 1. The van der Waals surface area contributed by atoms with Crippen molar-refractivity contribution < 1.29 is 14.3 Å². The van der Waals surface area contributed by atoms with Gasteiger partial charge in [-0.2, -0.15) is 0 Å². The van der Waals surface area contributed by atoms with Gasteiger partial charge in [-0.05, 0) is 66.9 Å². The molecule has 1 aliphatic carbocycles. The third-order valence-electron chi connectivity index (χ3n) is 7.03. The number of benzene rings is 3. The Bertz CT molecular complexity index is 1540. The Hall–Kier alpha value is -4.11. The first-order valence-electron chi connectivity index (χ1n) is 13.5. The van der Waals surface area contributed by atoms with Crippen LogP contribution in [0.5, 0.6) is 5.75 Å². The van der Waals surface area contributed by atoms with Gasteiger partial charge < -0.3 is 15.4 Å². The predicted octanol–water partition coefficient (Wildman–Crippen LogP) is 5.25. The van der Waals surface area contributed by atoms with Gasteiger partial charge in [-0.1, -0.05) is 55.3 Å². The quantitative estimate of drug-likeness (QED) is 0.216. The van der Waals surface area contributed by atoms with Crippen LogP contribution in [0.3, 0.4) is 0 Å². The largest absolute Gasteiger partial charge is 0.497 e. The molecule has 0 radical (unpaired) electrons. The summed E-state index contributed by atoms with van der Waals surface area (Å²) in [5, 5.41) is 6.97. The van der Waals surface area contributed by atoms with Gasteiger partial charge in [0.2, 0.25) is 5.91 Å².